The number of nitrogens with zero attached hydrogens (tertiary/aromatic N) is 2. The van der Waals surface area contributed by atoms with Crippen molar-refractivity contribution in [2.75, 3.05) is 25.1 Å². The summed E-state index contributed by atoms with van der Waals surface area (Å²) in [6.45, 7) is 8.50. The molecule has 1 saturated heterocycles. The van der Waals surface area contributed by atoms with Gasteiger partial charge in [0.25, 0.3) is 0 Å². The quantitative estimate of drug-likeness (QED) is 0.774. The number of ether oxygens (including phenoxy) is 1. The lowest BCUT2D eigenvalue weighted by molar-refractivity contribution is 0.0605. The molecule has 2 rings (SSSR count). The van der Waals surface area contributed by atoms with E-state index in [0.717, 1.165) is 23.9 Å². The Kier molecular flexibility index (Phi) is 3.61. The van der Waals surface area contributed by atoms with Crippen LogP contribution in [0.15, 0.2) is 0 Å². The van der Waals surface area contributed by atoms with Gasteiger partial charge < -0.3 is 9.64 Å². The lowest BCUT2D eigenvalue weighted by Crippen LogP contribution is -2.37. The van der Waals surface area contributed by atoms with E-state index >= 15 is 0 Å². The van der Waals surface area contributed by atoms with Crippen LogP contribution >= 0.6 is 11.3 Å². The van der Waals surface area contributed by atoms with E-state index in [2.05, 4.69) is 23.7 Å². The molecule has 0 unspecified atom stereocenters. The molecule has 1 aromatic rings. The molecule has 18 heavy (non-hydrogen) atoms. The second-order valence-corrected chi connectivity index (χ2v) is 6.53. The highest BCUT2D eigenvalue weighted by Crippen LogP contribution is 2.34. The molecule has 1 aliphatic heterocycles. The Bertz CT molecular complexity index is 444. The van der Waals surface area contributed by atoms with E-state index in [-0.39, 0.29) is 5.97 Å². The predicted octanol–water partition coefficient (Wildman–Crippen LogP) is 2.86. The van der Waals surface area contributed by atoms with Crippen molar-refractivity contribution in [3.05, 3.63) is 10.6 Å². The van der Waals surface area contributed by atoms with E-state index in [1.165, 1.54) is 31.3 Å². The van der Waals surface area contributed by atoms with Crippen LogP contribution < -0.4 is 4.90 Å². The Labute approximate surface area is 112 Å². The first-order chi connectivity index (χ1) is 8.43. The molecule has 0 N–H and O–H groups in total. The van der Waals surface area contributed by atoms with Crippen LogP contribution in [0.1, 0.15) is 42.1 Å². The highest BCUT2D eigenvalue weighted by molar-refractivity contribution is 7.17. The standard InChI is InChI=1S/C13H20N2O2S/c1-9-10(11(16)17-4)18-12(14-9)15-7-5-13(2,3)6-8-15/h5-8H2,1-4H3. The van der Waals surface area contributed by atoms with Crippen LogP contribution in [-0.4, -0.2) is 31.2 Å². The van der Waals surface area contributed by atoms with Crippen LogP contribution in [0.2, 0.25) is 0 Å². The zero-order valence-corrected chi connectivity index (χ0v) is 12.3. The van der Waals surface area contributed by atoms with Crippen LogP contribution in [0.25, 0.3) is 0 Å². The number of anilines is 1. The van der Waals surface area contributed by atoms with Gasteiger partial charge in [-0.1, -0.05) is 25.2 Å². The smallest absolute Gasteiger partial charge is 0.350 e. The summed E-state index contributed by atoms with van der Waals surface area (Å²) in [6, 6.07) is 0. The van der Waals surface area contributed by atoms with E-state index < -0.39 is 0 Å². The van der Waals surface area contributed by atoms with Crippen molar-refractivity contribution in [2.24, 2.45) is 5.41 Å². The molecule has 2 heterocycles. The minimum Gasteiger partial charge on any atom is -0.465 e. The zero-order chi connectivity index (χ0) is 13.3. The number of thiazole rings is 1. The molecule has 0 radical (unpaired) electrons. The van der Waals surface area contributed by atoms with Crippen LogP contribution in [0, 0.1) is 12.3 Å². The van der Waals surface area contributed by atoms with Crippen molar-refractivity contribution < 1.29 is 9.53 Å². The Morgan fingerprint density at radius 2 is 2.00 bits per heavy atom. The largest absolute Gasteiger partial charge is 0.465 e. The van der Waals surface area contributed by atoms with Crippen molar-refractivity contribution in [1.29, 1.82) is 0 Å². The van der Waals surface area contributed by atoms with E-state index in [1.807, 2.05) is 6.92 Å². The summed E-state index contributed by atoms with van der Waals surface area (Å²) < 4.78 is 4.76. The molecular formula is C13H20N2O2S. The van der Waals surface area contributed by atoms with Crippen LogP contribution in [0.3, 0.4) is 0 Å². The minimum atomic E-state index is -0.284. The van der Waals surface area contributed by atoms with Gasteiger partial charge in [0, 0.05) is 13.1 Å². The number of hydrogen-bond acceptors (Lipinski definition) is 5. The van der Waals surface area contributed by atoms with Gasteiger partial charge >= 0.3 is 5.97 Å². The maximum atomic E-state index is 11.6. The zero-order valence-electron chi connectivity index (χ0n) is 11.4. The van der Waals surface area contributed by atoms with Crippen molar-refractivity contribution in [3.8, 4) is 0 Å². The summed E-state index contributed by atoms with van der Waals surface area (Å²) in [7, 11) is 1.41. The molecule has 0 spiro atoms. The topological polar surface area (TPSA) is 42.4 Å². The Balaban J connectivity index is 2.13. The first-order valence-electron chi connectivity index (χ1n) is 6.24. The number of methoxy groups -OCH3 is 1. The number of rotatable bonds is 2. The Hall–Kier alpha value is -1.10. The lowest BCUT2D eigenvalue weighted by atomic mass is 9.83. The van der Waals surface area contributed by atoms with Gasteiger partial charge in [-0.15, -0.1) is 0 Å². The van der Waals surface area contributed by atoms with Crippen molar-refractivity contribution in [3.63, 3.8) is 0 Å². The SMILES string of the molecule is COC(=O)c1sc(N2CCC(C)(C)CC2)nc1C. The van der Waals surface area contributed by atoms with E-state index in [0.29, 0.717) is 10.3 Å². The molecule has 5 heteroatoms. The number of aromatic nitrogens is 1. The monoisotopic (exact) mass is 268 g/mol. The van der Waals surface area contributed by atoms with Gasteiger partial charge in [-0.2, -0.15) is 0 Å². The minimum absolute atomic E-state index is 0.284. The van der Waals surface area contributed by atoms with Gasteiger partial charge in [-0.25, -0.2) is 9.78 Å². The summed E-state index contributed by atoms with van der Waals surface area (Å²) in [6.07, 6.45) is 2.33. The van der Waals surface area contributed by atoms with Gasteiger partial charge in [-0.05, 0) is 25.2 Å². The Morgan fingerprint density at radius 1 is 1.39 bits per heavy atom. The van der Waals surface area contributed by atoms with Crippen molar-refractivity contribution in [2.45, 2.75) is 33.6 Å². The molecule has 0 aromatic carbocycles. The molecule has 0 amide bonds. The number of aryl methyl sites for hydroxylation is 1. The third-order valence-corrected chi connectivity index (χ3v) is 4.74. The molecule has 1 fully saturated rings. The predicted molar refractivity (Wildman–Crippen MR) is 73.4 cm³/mol. The van der Waals surface area contributed by atoms with Gasteiger partial charge in [0.05, 0.1) is 12.8 Å². The number of carbonyl (C=O) groups excluding carboxylic acids is 1. The van der Waals surface area contributed by atoms with Crippen LogP contribution in [0.4, 0.5) is 5.13 Å². The summed E-state index contributed by atoms with van der Waals surface area (Å²) in [4.78, 5) is 19.0. The highest BCUT2D eigenvalue weighted by Gasteiger charge is 2.27. The van der Waals surface area contributed by atoms with Gasteiger partial charge in [0.2, 0.25) is 0 Å². The molecule has 1 aliphatic rings. The molecule has 0 bridgehead atoms. The summed E-state index contributed by atoms with van der Waals surface area (Å²) in [5, 5.41) is 0.948. The third kappa shape index (κ3) is 2.66. The molecule has 0 atom stereocenters. The second-order valence-electron chi connectivity index (χ2n) is 5.55. The normalized spacial score (nSPS) is 18.8. The third-order valence-electron chi connectivity index (χ3n) is 3.54. The fraction of sp³-hybridized carbons (Fsp3) is 0.692. The number of hydrogen-bond donors (Lipinski definition) is 0. The van der Waals surface area contributed by atoms with E-state index in [1.54, 1.807) is 0 Å². The molecule has 4 nitrogen and oxygen atoms in total. The first kappa shape index (κ1) is 13.3. The maximum absolute atomic E-state index is 11.6. The fourth-order valence-electron chi connectivity index (χ4n) is 2.10. The van der Waals surface area contributed by atoms with Crippen LogP contribution in [0.5, 0.6) is 0 Å². The molecule has 0 saturated carbocycles. The summed E-state index contributed by atoms with van der Waals surface area (Å²) >= 11 is 1.44. The molecule has 0 aliphatic carbocycles. The van der Waals surface area contributed by atoms with Gasteiger partial charge in [0.15, 0.2) is 5.13 Å². The number of carbonyl (C=O) groups is 1. The summed E-state index contributed by atoms with van der Waals surface area (Å²) in [5.74, 6) is -0.284. The Morgan fingerprint density at radius 3 is 2.56 bits per heavy atom. The van der Waals surface area contributed by atoms with Crippen molar-refractivity contribution >= 4 is 22.4 Å². The first-order valence-corrected chi connectivity index (χ1v) is 7.05. The summed E-state index contributed by atoms with van der Waals surface area (Å²) in [5.41, 5.74) is 1.19. The number of esters is 1. The van der Waals surface area contributed by atoms with E-state index in [4.69, 9.17) is 4.74 Å². The molecule has 1 aromatic heterocycles. The number of piperidine rings is 1. The lowest BCUT2D eigenvalue weighted by Gasteiger charge is -2.36. The van der Waals surface area contributed by atoms with Crippen molar-refractivity contribution in [1.82, 2.24) is 4.98 Å². The molecular weight excluding hydrogens is 248 g/mol. The van der Waals surface area contributed by atoms with E-state index in [9.17, 15) is 4.79 Å². The average Bonchev–Trinajstić information content (AvgIpc) is 2.70. The molecule has 100 valence electrons. The van der Waals surface area contributed by atoms with Gasteiger partial charge in [0.1, 0.15) is 4.88 Å². The van der Waals surface area contributed by atoms with Gasteiger partial charge in [-0.3, -0.25) is 0 Å². The van der Waals surface area contributed by atoms with Crippen LogP contribution in [-0.2, 0) is 4.74 Å². The average molecular weight is 268 g/mol. The maximum Gasteiger partial charge on any atom is 0.350 e. The highest BCUT2D eigenvalue weighted by atomic mass is 32.1. The fourth-order valence-corrected chi connectivity index (χ4v) is 3.14. The second kappa shape index (κ2) is 4.88.